The number of amides is 1. The molecule has 0 bridgehead atoms. The number of aromatic nitrogens is 2. The predicted molar refractivity (Wildman–Crippen MR) is 108 cm³/mol. The van der Waals surface area contributed by atoms with E-state index in [9.17, 15) is 4.79 Å². The molecule has 1 unspecified atom stereocenters. The highest BCUT2D eigenvalue weighted by Gasteiger charge is 2.18. The number of fused-ring (bicyclic) bond motifs is 1. The van der Waals surface area contributed by atoms with Gasteiger partial charge in [0, 0.05) is 6.20 Å². The Bertz CT molecular complexity index is 1040. The van der Waals surface area contributed by atoms with Gasteiger partial charge in [0.25, 0.3) is 5.91 Å². The number of hydrogen-bond acceptors (Lipinski definition) is 5. The molecule has 1 amide bonds. The van der Waals surface area contributed by atoms with Gasteiger partial charge in [0.05, 0.1) is 13.2 Å². The third-order valence-corrected chi connectivity index (χ3v) is 4.82. The molecule has 1 aliphatic heterocycles. The summed E-state index contributed by atoms with van der Waals surface area (Å²) in [6.45, 7) is 4.99. The van der Waals surface area contributed by atoms with E-state index in [1.54, 1.807) is 24.1 Å². The maximum Gasteiger partial charge on any atom is 0.272 e. The van der Waals surface area contributed by atoms with E-state index < -0.39 is 0 Å². The van der Waals surface area contributed by atoms with Crippen molar-refractivity contribution in [3.63, 3.8) is 0 Å². The lowest BCUT2D eigenvalue weighted by atomic mass is 10.1. The molecule has 0 saturated heterocycles. The summed E-state index contributed by atoms with van der Waals surface area (Å²) in [5, 5.41) is 7.41. The first-order valence-electron chi connectivity index (χ1n) is 9.46. The third-order valence-electron chi connectivity index (χ3n) is 4.82. The zero-order valence-electron chi connectivity index (χ0n) is 16.6. The van der Waals surface area contributed by atoms with Crippen LogP contribution in [0.3, 0.4) is 0 Å². The minimum absolute atomic E-state index is 0.211. The van der Waals surface area contributed by atoms with Crippen molar-refractivity contribution in [2.75, 3.05) is 20.3 Å². The van der Waals surface area contributed by atoms with Gasteiger partial charge in [-0.1, -0.05) is 12.1 Å². The summed E-state index contributed by atoms with van der Waals surface area (Å²) in [7, 11) is 1.61. The zero-order chi connectivity index (χ0) is 20.4. The van der Waals surface area contributed by atoms with Crippen LogP contribution in [0.2, 0.25) is 0 Å². The highest BCUT2D eigenvalue weighted by molar-refractivity contribution is 5.92. The molecule has 150 valence electrons. The number of rotatable bonds is 5. The largest absolute Gasteiger partial charge is 0.494 e. The highest BCUT2D eigenvalue weighted by Crippen LogP contribution is 2.32. The molecule has 7 heteroatoms. The zero-order valence-corrected chi connectivity index (χ0v) is 16.6. The lowest BCUT2D eigenvalue weighted by Gasteiger charge is -2.21. The molecule has 7 nitrogen and oxygen atoms in total. The van der Waals surface area contributed by atoms with Gasteiger partial charge in [-0.3, -0.25) is 4.79 Å². The van der Waals surface area contributed by atoms with Crippen molar-refractivity contribution in [3.8, 4) is 22.9 Å². The summed E-state index contributed by atoms with van der Waals surface area (Å²) in [5.74, 6) is 1.86. The maximum absolute atomic E-state index is 12.7. The molecule has 2 aromatic carbocycles. The van der Waals surface area contributed by atoms with Crippen molar-refractivity contribution in [3.05, 3.63) is 65.5 Å². The van der Waals surface area contributed by atoms with Crippen LogP contribution in [0, 0.1) is 6.92 Å². The van der Waals surface area contributed by atoms with E-state index >= 15 is 0 Å². The first-order chi connectivity index (χ1) is 14.0. The molecule has 2 heterocycles. The fraction of sp³-hybridized carbons (Fsp3) is 0.273. The van der Waals surface area contributed by atoms with Gasteiger partial charge in [-0.2, -0.15) is 5.10 Å². The van der Waals surface area contributed by atoms with Crippen molar-refractivity contribution < 1.29 is 19.0 Å². The summed E-state index contributed by atoms with van der Waals surface area (Å²) in [4.78, 5) is 12.7. The van der Waals surface area contributed by atoms with Crippen LogP contribution in [-0.4, -0.2) is 36.0 Å². The number of hydrogen-bond donors (Lipinski definition) is 1. The fourth-order valence-electron chi connectivity index (χ4n) is 3.24. The summed E-state index contributed by atoms with van der Waals surface area (Å²) in [6.07, 6.45) is 1.75. The summed E-state index contributed by atoms with van der Waals surface area (Å²) < 4.78 is 18.2. The van der Waals surface area contributed by atoms with Gasteiger partial charge in [0.2, 0.25) is 0 Å². The molecule has 29 heavy (non-hydrogen) atoms. The van der Waals surface area contributed by atoms with Crippen LogP contribution in [0.4, 0.5) is 0 Å². The lowest BCUT2D eigenvalue weighted by Crippen LogP contribution is -2.27. The van der Waals surface area contributed by atoms with Crippen molar-refractivity contribution >= 4 is 5.91 Å². The Morgan fingerprint density at radius 1 is 1.14 bits per heavy atom. The Hall–Kier alpha value is -3.48. The highest BCUT2D eigenvalue weighted by atomic mass is 16.6. The van der Waals surface area contributed by atoms with E-state index in [-0.39, 0.29) is 11.9 Å². The average Bonchev–Trinajstić information content (AvgIpc) is 3.23. The molecule has 0 saturated carbocycles. The number of carbonyl (C=O) groups is 1. The minimum atomic E-state index is -0.252. The van der Waals surface area contributed by atoms with Crippen LogP contribution in [0.25, 0.3) is 5.69 Å². The fourth-order valence-corrected chi connectivity index (χ4v) is 3.24. The van der Waals surface area contributed by atoms with E-state index in [1.165, 1.54) is 0 Å². The van der Waals surface area contributed by atoms with Crippen molar-refractivity contribution in [1.82, 2.24) is 15.1 Å². The minimum Gasteiger partial charge on any atom is -0.494 e. The van der Waals surface area contributed by atoms with Crippen LogP contribution in [0.15, 0.2) is 48.7 Å². The van der Waals surface area contributed by atoms with E-state index in [2.05, 4.69) is 10.4 Å². The number of benzene rings is 2. The maximum atomic E-state index is 12.7. The van der Waals surface area contributed by atoms with Crippen LogP contribution in [-0.2, 0) is 0 Å². The second-order valence-corrected chi connectivity index (χ2v) is 6.92. The molecular formula is C22H23N3O4. The molecule has 0 aliphatic carbocycles. The monoisotopic (exact) mass is 393 g/mol. The SMILES string of the molecule is COc1ccc(C)cc1-n1ccc(C(=O)NC(C)c2ccc3c(c2)OCCO3)n1. The van der Waals surface area contributed by atoms with Gasteiger partial charge in [0.15, 0.2) is 17.2 Å². The summed E-state index contributed by atoms with van der Waals surface area (Å²) >= 11 is 0. The molecule has 3 aromatic rings. The smallest absolute Gasteiger partial charge is 0.272 e. The average molecular weight is 393 g/mol. The Labute approximate surface area is 169 Å². The molecule has 1 atom stereocenters. The van der Waals surface area contributed by atoms with Crippen LogP contribution < -0.4 is 19.5 Å². The molecule has 0 radical (unpaired) electrons. The van der Waals surface area contributed by atoms with Crippen LogP contribution >= 0.6 is 0 Å². The molecule has 1 aliphatic rings. The number of methoxy groups -OCH3 is 1. The number of nitrogens with one attached hydrogen (secondary N) is 1. The van der Waals surface area contributed by atoms with Crippen LogP contribution in [0.5, 0.6) is 17.2 Å². The van der Waals surface area contributed by atoms with Gasteiger partial charge in [-0.05, 0) is 55.3 Å². The molecule has 0 spiro atoms. The Morgan fingerprint density at radius 2 is 1.93 bits per heavy atom. The van der Waals surface area contributed by atoms with Crippen LogP contribution in [0.1, 0.15) is 34.6 Å². The van der Waals surface area contributed by atoms with E-state index in [0.29, 0.717) is 30.4 Å². The summed E-state index contributed by atoms with van der Waals surface area (Å²) in [6, 6.07) is 13.0. The number of ether oxygens (including phenoxy) is 3. The van der Waals surface area contributed by atoms with E-state index in [1.807, 2.05) is 50.2 Å². The van der Waals surface area contributed by atoms with E-state index in [4.69, 9.17) is 14.2 Å². The predicted octanol–water partition coefficient (Wildman–Crippen LogP) is 3.45. The van der Waals surface area contributed by atoms with E-state index in [0.717, 1.165) is 22.6 Å². The number of aryl methyl sites for hydroxylation is 1. The topological polar surface area (TPSA) is 74.6 Å². The molecule has 4 rings (SSSR count). The Balaban J connectivity index is 1.50. The lowest BCUT2D eigenvalue weighted by molar-refractivity contribution is 0.0934. The van der Waals surface area contributed by atoms with Gasteiger partial charge in [-0.15, -0.1) is 0 Å². The quantitative estimate of drug-likeness (QED) is 0.719. The van der Waals surface area contributed by atoms with Gasteiger partial charge in [-0.25, -0.2) is 4.68 Å². The van der Waals surface area contributed by atoms with Gasteiger partial charge >= 0.3 is 0 Å². The normalized spacial score (nSPS) is 13.6. The summed E-state index contributed by atoms with van der Waals surface area (Å²) in [5.41, 5.74) is 3.13. The Morgan fingerprint density at radius 3 is 2.72 bits per heavy atom. The molecule has 1 aromatic heterocycles. The van der Waals surface area contributed by atoms with Gasteiger partial charge in [0.1, 0.15) is 24.7 Å². The standard InChI is InChI=1S/C22H23N3O4/c1-14-4-6-19(27-3)18(12-14)25-9-8-17(24-25)22(26)23-15(2)16-5-7-20-21(13-16)29-11-10-28-20/h4-9,12-13,15H,10-11H2,1-3H3,(H,23,26). The number of carbonyl (C=O) groups excluding carboxylic acids is 1. The number of nitrogens with zero attached hydrogens (tertiary/aromatic N) is 2. The third kappa shape index (κ3) is 3.89. The van der Waals surface area contributed by atoms with Crippen molar-refractivity contribution in [2.45, 2.75) is 19.9 Å². The molecule has 1 N–H and O–H groups in total. The van der Waals surface area contributed by atoms with Crippen molar-refractivity contribution in [2.24, 2.45) is 0 Å². The first kappa shape index (κ1) is 18.9. The first-order valence-corrected chi connectivity index (χ1v) is 9.46. The Kier molecular flexibility index (Phi) is 5.12. The van der Waals surface area contributed by atoms with Crippen molar-refractivity contribution in [1.29, 1.82) is 0 Å². The second kappa shape index (κ2) is 7.87. The molecule has 0 fully saturated rings. The second-order valence-electron chi connectivity index (χ2n) is 6.92. The van der Waals surface area contributed by atoms with Gasteiger partial charge < -0.3 is 19.5 Å². The molecular weight excluding hydrogens is 370 g/mol.